The average Bonchev–Trinajstić information content (AvgIpc) is 3.03. The first-order valence-electron chi connectivity index (χ1n) is 9.66. The zero-order chi connectivity index (χ0) is 23.5. The van der Waals surface area contributed by atoms with Gasteiger partial charge in [0.2, 0.25) is 0 Å². The number of rotatable bonds is 6. The van der Waals surface area contributed by atoms with Crippen LogP contribution in [0.3, 0.4) is 0 Å². The molecule has 3 aromatic carbocycles. The Kier molecular flexibility index (Phi) is 7.57. The number of hydrogen-bond donors (Lipinski definition) is 0. The molecule has 1 heterocycles. The van der Waals surface area contributed by atoms with E-state index in [0.717, 1.165) is 22.9 Å². The summed E-state index contributed by atoms with van der Waals surface area (Å²) in [5, 5.41) is 1.46. The highest BCUT2D eigenvalue weighted by molar-refractivity contribution is 8.18. The molecule has 0 aliphatic carbocycles. The third-order valence-corrected chi connectivity index (χ3v) is 6.72. The largest absolute Gasteiger partial charge is 0.486 e. The highest BCUT2D eigenvalue weighted by Crippen LogP contribution is 2.38. The van der Waals surface area contributed by atoms with E-state index in [2.05, 4.69) is 0 Å². The average molecular weight is 539 g/mol. The molecule has 0 unspecified atom stereocenters. The zero-order valence-electron chi connectivity index (χ0n) is 16.9. The van der Waals surface area contributed by atoms with Crippen LogP contribution in [0.15, 0.2) is 65.6 Å². The van der Waals surface area contributed by atoms with Crippen molar-refractivity contribution < 1.29 is 14.3 Å². The summed E-state index contributed by atoms with van der Waals surface area (Å²) in [5.74, 6) is -0.0449. The SMILES string of the molecule is O=C1S/C(=C\c2cc(Cl)c(OCc3ccc(Cl)cc3)c(Cl)c2)C(=O)N1Cc1ccc(Cl)cc1. The molecule has 9 heteroatoms. The van der Waals surface area contributed by atoms with Crippen LogP contribution in [0, 0.1) is 0 Å². The molecule has 0 N–H and O–H groups in total. The van der Waals surface area contributed by atoms with Gasteiger partial charge in [0.15, 0.2) is 5.75 Å². The molecule has 2 amide bonds. The second-order valence-corrected chi connectivity index (χ2v) is 9.80. The number of ether oxygens (including phenoxy) is 1. The molecule has 1 aliphatic heterocycles. The lowest BCUT2D eigenvalue weighted by atomic mass is 10.2. The lowest BCUT2D eigenvalue weighted by Crippen LogP contribution is -2.27. The standard InChI is InChI=1S/C24H15Cl4NO3S/c25-17-5-1-14(2-6-17)12-29-23(30)21(33-24(29)31)11-16-9-19(27)22(20(28)10-16)32-13-15-3-7-18(26)8-4-15/h1-11H,12-13H2/b21-11-. The Bertz CT molecular complexity index is 1220. The van der Waals surface area contributed by atoms with Gasteiger partial charge in [0.05, 0.1) is 21.5 Å². The predicted octanol–water partition coefficient (Wildman–Crippen LogP) is 8.12. The van der Waals surface area contributed by atoms with Crippen LogP contribution in [0.4, 0.5) is 4.79 Å². The molecule has 0 spiro atoms. The molecule has 4 rings (SSSR count). The van der Waals surface area contributed by atoms with Crippen LogP contribution in [0.2, 0.25) is 20.1 Å². The minimum Gasteiger partial charge on any atom is -0.486 e. The van der Waals surface area contributed by atoms with Crippen LogP contribution in [0.5, 0.6) is 5.75 Å². The fourth-order valence-corrected chi connectivity index (χ4v) is 4.80. The van der Waals surface area contributed by atoms with Gasteiger partial charge in [0.1, 0.15) is 6.61 Å². The van der Waals surface area contributed by atoms with Gasteiger partial charge in [-0.05, 0) is 70.9 Å². The van der Waals surface area contributed by atoms with E-state index in [1.165, 1.54) is 4.90 Å². The topological polar surface area (TPSA) is 46.6 Å². The van der Waals surface area contributed by atoms with E-state index in [-0.39, 0.29) is 29.2 Å². The van der Waals surface area contributed by atoms with Crippen molar-refractivity contribution in [2.45, 2.75) is 13.2 Å². The molecule has 3 aromatic rings. The number of nitrogens with zero attached hydrogens (tertiary/aromatic N) is 1. The van der Waals surface area contributed by atoms with Crippen molar-refractivity contribution in [3.8, 4) is 5.75 Å². The van der Waals surface area contributed by atoms with Gasteiger partial charge in [-0.3, -0.25) is 14.5 Å². The van der Waals surface area contributed by atoms with E-state index in [1.807, 2.05) is 12.1 Å². The molecule has 4 nitrogen and oxygen atoms in total. The summed E-state index contributed by atoms with van der Waals surface area (Å²) in [7, 11) is 0. The number of amides is 2. The molecule has 1 fully saturated rings. The van der Waals surface area contributed by atoms with Crippen molar-refractivity contribution in [2.75, 3.05) is 0 Å². The van der Waals surface area contributed by atoms with Gasteiger partial charge >= 0.3 is 0 Å². The third-order valence-electron chi connectivity index (χ3n) is 4.74. The fourth-order valence-electron chi connectivity index (χ4n) is 3.10. The molecule has 33 heavy (non-hydrogen) atoms. The lowest BCUT2D eigenvalue weighted by molar-refractivity contribution is -0.123. The maximum absolute atomic E-state index is 12.8. The van der Waals surface area contributed by atoms with Crippen LogP contribution in [0.25, 0.3) is 6.08 Å². The summed E-state index contributed by atoms with van der Waals surface area (Å²) in [4.78, 5) is 26.7. The Morgan fingerprint density at radius 2 is 1.36 bits per heavy atom. The molecule has 0 atom stereocenters. The van der Waals surface area contributed by atoms with Gasteiger partial charge in [-0.25, -0.2) is 0 Å². The first kappa shape index (κ1) is 24.0. The van der Waals surface area contributed by atoms with Crippen LogP contribution < -0.4 is 4.74 Å². The Labute approximate surface area is 215 Å². The minimum absolute atomic E-state index is 0.165. The van der Waals surface area contributed by atoms with Crippen molar-refractivity contribution in [3.05, 3.63) is 102 Å². The second kappa shape index (κ2) is 10.4. The maximum Gasteiger partial charge on any atom is 0.293 e. The molecule has 0 saturated carbocycles. The fraction of sp³-hybridized carbons (Fsp3) is 0.0833. The Morgan fingerprint density at radius 1 is 0.818 bits per heavy atom. The van der Waals surface area contributed by atoms with Gasteiger partial charge in [0.25, 0.3) is 11.1 Å². The first-order chi connectivity index (χ1) is 15.8. The van der Waals surface area contributed by atoms with Crippen LogP contribution >= 0.6 is 58.2 Å². The Balaban J connectivity index is 1.49. The Morgan fingerprint density at radius 3 is 1.94 bits per heavy atom. The molecule has 0 bridgehead atoms. The third kappa shape index (κ3) is 5.86. The molecule has 0 aromatic heterocycles. The second-order valence-electron chi connectivity index (χ2n) is 7.12. The number of halogens is 4. The monoisotopic (exact) mass is 537 g/mol. The highest BCUT2D eigenvalue weighted by Gasteiger charge is 2.35. The van der Waals surface area contributed by atoms with Gasteiger partial charge in [-0.1, -0.05) is 70.7 Å². The van der Waals surface area contributed by atoms with Crippen molar-refractivity contribution in [2.24, 2.45) is 0 Å². The number of carbonyl (C=O) groups is 2. The lowest BCUT2D eigenvalue weighted by Gasteiger charge is -2.12. The van der Waals surface area contributed by atoms with Crippen molar-refractivity contribution in [1.29, 1.82) is 0 Å². The van der Waals surface area contributed by atoms with Gasteiger partial charge in [0, 0.05) is 10.0 Å². The smallest absolute Gasteiger partial charge is 0.293 e. The summed E-state index contributed by atoms with van der Waals surface area (Å²) >= 11 is 25.4. The van der Waals surface area contributed by atoms with Gasteiger partial charge < -0.3 is 4.74 Å². The number of benzene rings is 3. The highest BCUT2D eigenvalue weighted by atomic mass is 35.5. The number of thioether (sulfide) groups is 1. The van der Waals surface area contributed by atoms with Gasteiger partial charge in [-0.15, -0.1) is 0 Å². The van der Waals surface area contributed by atoms with Gasteiger partial charge in [-0.2, -0.15) is 0 Å². The van der Waals surface area contributed by atoms with Crippen LogP contribution in [-0.2, 0) is 17.9 Å². The van der Waals surface area contributed by atoms with Crippen molar-refractivity contribution >= 4 is 75.4 Å². The van der Waals surface area contributed by atoms with E-state index < -0.39 is 0 Å². The minimum atomic E-state index is -0.379. The summed E-state index contributed by atoms with van der Waals surface area (Å²) in [5.41, 5.74) is 2.29. The molecule has 168 valence electrons. The summed E-state index contributed by atoms with van der Waals surface area (Å²) in [6.07, 6.45) is 1.59. The van der Waals surface area contributed by atoms with Crippen LogP contribution in [0.1, 0.15) is 16.7 Å². The zero-order valence-corrected chi connectivity index (χ0v) is 20.7. The maximum atomic E-state index is 12.8. The van der Waals surface area contributed by atoms with E-state index in [0.29, 0.717) is 31.4 Å². The summed E-state index contributed by atoms with van der Waals surface area (Å²) < 4.78 is 5.78. The molecule has 1 aliphatic rings. The molecule has 0 radical (unpaired) electrons. The van der Waals surface area contributed by atoms with E-state index in [9.17, 15) is 9.59 Å². The predicted molar refractivity (Wildman–Crippen MR) is 135 cm³/mol. The normalized spacial score (nSPS) is 14.9. The quantitative estimate of drug-likeness (QED) is 0.297. The molecular formula is C24H15Cl4NO3S. The first-order valence-corrected chi connectivity index (χ1v) is 12.0. The van der Waals surface area contributed by atoms with Crippen molar-refractivity contribution in [1.82, 2.24) is 4.90 Å². The molecule has 1 saturated heterocycles. The van der Waals surface area contributed by atoms with E-state index in [4.69, 9.17) is 51.1 Å². The number of hydrogen-bond acceptors (Lipinski definition) is 4. The molecular weight excluding hydrogens is 524 g/mol. The number of imide groups is 1. The number of carbonyl (C=O) groups excluding carboxylic acids is 2. The summed E-state index contributed by atoms with van der Waals surface area (Å²) in [6.45, 7) is 0.428. The van der Waals surface area contributed by atoms with Crippen LogP contribution in [-0.4, -0.2) is 16.0 Å². The van der Waals surface area contributed by atoms with E-state index in [1.54, 1.807) is 54.6 Å². The van der Waals surface area contributed by atoms with Crippen molar-refractivity contribution in [3.63, 3.8) is 0 Å². The Hall–Kier alpha value is -2.15. The van der Waals surface area contributed by atoms with E-state index >= 15 is 0 Å². The summed E-state index contributed by atoms with van der Waals surface area (Å²) in [6, 6.07) is 17.5.